The van der Waals surface area contributed by atoms with Gasteiger partial charge in [0.2, 0.25) is 5.91 Å². The number of piperazine rings is 1. The van der Waals surface area contributed by atoms with Crippen molar-refractivity contribution < 1.29 is 4.79 Å². The quantitative estimate of drug-likeness (QED) is 0.621. The van der Waals surface area contributed by atoms with E-state index in [0.29, 0.717) is 25.5 Å². The van der Waals surface area contributed by atoms with Crippen LogP contribution in [0.5, 0.6) is 0 Å². The van der Waals surface area contributed by atoms with Crippen LogP contribution in [-0.4, -0.2) is 68.0 Å². The van der Waals surface area contributed by atoms with E-state index in [0.717, 1.165) is 23.2 Å². The zero-order valence-electron chi connectivity index (χ0n) is 17.1. The van der Waals surface area contributed by atoms with Crippen molar-refractivity contribution >= 4 is 16.9 Å². The SMILES string of the molecule is CCn1c(=O)n(CC(=O)N2CCN(C)CC2)c(=O)c2cnc(-c3ccccc3)nc21. The molecule has 0 radical (unpaired) electrons. The summed E-state index contributed by atoms with van der Waals surface area (Å²) < 4.78 is 2.42. The molecule has 1 saturated heterocycles. The smallest absolute Gasteiger partial charge is 0.333 e. The number of fused-ring (bicyclic) bond motifs is 1. The Bertz CT molecular complexity index is 1190. The van der Waals surface area contributed by atoms with Gasteiger partial charge in [0.15, 0.2) is 11.5 Å². The Kier molecular flexibility index (Phi) is 5.45. The van der Waals surface area contributed by atoms with E-state index < -0.39 is 11.2 Å². The zero-order valence-corrected chi connectivity index (χ0v) is 17.1. The van der Waals surface area contributed by atoms with Crippen molar-refractivity contribution in [2.75, 3.05) is 33.2 Å². The van der Waals surface area contributed by atoms with Crippen LogP contribution in [0, 0.1) is 0 Å². The molecular formula is C21H24N6O3. The second-order valence-corrected chi connectivity index (χ2v) is 7.40. The number of benzene rings is 1. The minimum Gasteiger partial charge on any atom is -0.339 e. The van der Waals surface area contributed by atoms with Crippen molar-refractivity contribution in [1.82, 2.24) is 28.9 Å². The van der Waals surface area contributed by atoms with Gasteiger partial charge in [0.1, 0.15) is 11.9 Å². The molecule has 1 aliphatic rings. The molecule has 0 bridgehead atoms. The average Bonchev–Trinajstić information content (AvgIpc) is 2.77. The first kappa shape index (κ1) is 20.0. The summed E-state index contributed by atoms with van der Waals surface area (Å²) in [6.07, 6.45) is 1.44. The number of rotatable bonds is 4. The second kappa shape index (κ2) is 8.19. The maximum Gasteiger partial charge on any atom is 0.333 e. The molecule has 0 spiro atoms. The minimum absolute atomic E-state index is 0.224. The first-order valence-corrected chi connectivity index (χ1v) is 10.0. The summed E-state index contributed by atoms with van der Waals surface area (Å²) in [5.74, 6) is 0.210. The van der Waals surface area contributed by atoms with Crippen molar-refractivity contribution in [3.63, 3.8) is 0 Å². The van der Waals surface area contributed by atoms with Gasteiger partial charge in [-0.3, -0.25) is 18.7 Å². The summed E-state index contributed by atoms with van der Waals surface area (Å²) in [7, 11) is 2.00. The van der Waals surface area contributed by atoms with E-state index in [2.05, 4.69) is 14.9 Å². The molecule has 0 saturated carbocycles. The maximum absolute atomic E-state index is 13.0. The average molecular weight is 408 g/mol. The van der Waals surface area contributed by atoms with Crippen LogP contribution < -0.4 is 11.2 Å². The summed E-state index contributed by atoms with van der Waals surface area (Å²) in [5.41, 5.74) is 0.00514. The van der Waals surface area contributed by atoms with Gasteiger partial charge in [-0.1, -0.05) is 30.3 Å². The van der Waals surface area contributed by atoms with Crippen molar-refractivity contribution in [3.8, 4) is 11.4 Å². The molecule has 3 aromatic rings. The van der Waals surface area contributed by atoms with Crippen LogP contribution in [0.15, 0.2) is 46.1 Å². The summed E-state index contributed by atoms with van der Waals surface area (Å²) in [6.45, 7) is 4.57. The standard InChI is InChI=1S/C21H24N6O3/c1-3-26-19-16(13-22-18(23-19)15-7-5-4-6-8-15)20(29)27(21(26)30)14-17(28)25-11-9-24(2)10-12-25/h4-8,13H,3,9-12,14H2,1-2H3. The maximum atomic E-state index is 13.0. The number of amides is 1. The molecule has 1 aliphatic heterocycles. The minimum atomic E-state index is -0.540. The molecule has 156 valence electrons. The summed E-state index contributed by atoms with van der Waals surface area (Å²) in [5, 5.41) is 0.224. The van der Waals surface area contributed by atoms with E-state index in [4.69, 9.17) is 0 Å². The van der Waals surface area contributed by atoms with Gasteiger partial charge in [-0.25, -0.2) is 14.8 Å². The van der Waals surface area contributed by atoms with E-state index in [9.17, 15) is 14.4 Å². The fraction of sp³-hybridized carbons (Fsp3) is 0.381. The zero-order chi connectivity index (χ0) is 21.3. The molecule has 1 fully saturated rings. The molecule has 0 aliphatic carbocycles. The monoisotopic (exact) mass is 408 g/mol. The molecule has 30 heavy (non-hydrogen) atoms. The lowest BCUT2D eigenvalue weighted by Crippen LogP contribution is -2.50. The van der Waals surface area contributed by atoms with E-state index in [-0.39, 0.29) is 23.5 Å². The third-order valence-corrected chi connectivity index (χ3v) is 5.46. The summed E-state index contributed by atoms with van der Waals surface area (Å²) in [4.78, 5) is 51.4. The predicted octanol–water partition coefficient (Wildman–Crippen LogP) is 0.414. The van der Waals surface area contributed by atoms with Crippen LogP contribution in [0.2, 0.25) is 0 Å². The van der Waals surface area contributed by atoms with Gasteiger partial charge in [-0.2, -0.15) is 0 Å². The normalized spacial score (nSPS) is 14.9. The fourth-order valence-electron chi connectivity index (χ4n) is 3.64. The number of carbonyl (C=O) groups is 1. The Morgan fingerprint density at radius 1 is 1.03 bits per heavy atom. The van der Waals surface area contributed by atoms with Gasteiger partial charge in [0.25, 0.3) is 5.56 Å². The Hall–Kier alpha value is -3.33. The second-order valence-electron chi connectivity index (χ2n) is 7.40. The highest BCUT2D eigenvalue weighted by molar-refractivity contribution is 5.78. The highest BCUT2D eigenvalue weighted by Crippen LogP contribution is 2.16. The molecule has 1 amide bonds. The van der Waals surface area contributed by atoms with Gasteiger partial charge < -0.3 is 9.80 Å². The third-order valence-electron chi connectivity index (χ3n) is 5.46. The van der Waals surface area contributed by atoms with Gasteiger partial charge >= 0.3 is 5.69 Å². The molecule has 1 aromatic carbocycles. The van der Waals surface area contributed by atoms with Gasteiger partial charge in [-0.05, 0) is 14.0 Å². The highest BCUT2D eigenvalue weighted by atomic mass is 16.2. The van der Waals surface area contributed by atoms with Crippen LogP contribution in [0.3, 0.4) is 0 Å². The molecule has 2 aromatic heterocycles. The molecule has 0 atom stereocenters. The molecule has 4 rings (SSSR count). The number of likely N-dealkylation sites (N-methyl/N-ethyl adjacent to an activating group) is 1. The Balaban J connectivity index is 1.76. The molecular weight excluding hydrogens is 384 g/mol. The number of hydrogen-bond donors (Lipinski definition) is 0. The van der Waals surface area contributed by atoms with Crippen LogP contribution in [0.4, 0.5) is 0 Å². The van der Waals surface area contributed by atoms with E-state index >= 15 is 0 Å². The van der Waals surface area contributed by atoms with Crippen LogP contribution in [0.1, 0.15) is 6.92 Å². The first-order chi connectivity index (χ1) is 14.5. The first-order valence-electron chi connectivity index (χ1n) is 10.0. The van der Waals surface area contributed by atoms with E-state index in [1.165, 1.54) is 10.8 Å². The van der Waals surface area contributed by atoms with Crippen molar-refractivity contribution in [3.05, 3.63) is 57.4 Å². The number of aryl methyl sites for hydroxylation is 1. The van der Waals surface area contributed by atoms with Gasteiger partial charge in [0, 0.05) is 44.5 Å². The molecule has 0 unspecified atom stereocenters. The molecule has 0 N–H and O–H groups in total. The Morgan fingerprint density at radius 2 is 1.73 bits per heavy atom. The van der Waals surface area contributed by atoms with Crippen molar-refractivity contribution in [2.24, 2.45) is 0 Å². The Labute approximate surface area is 173 Å². The van der Waals surface area contributed by atoms with Crippen molar-refractivity contribution in [1.29, 1.82) is 0 Å². The number of aromatic nitrogens is 4. The van der Waals surface area contributed by atoms with Crippen LogP contribution in [-0.2, 0) is 17.9 Å². The lowest BCUT2D eigenvalue weighted by Gasteiger charge is -2.32. The van der Waals surface area contributed by atoms with Gasteiger partial charge in [-0.15, -0.1) is 0 Å². The van der Waals surface area contributed by atoms with Crippen LogP contribution in [0.25, 0.3) is 22.4 Å². The number of carbonyl (C=O) groups excluding carboxylic acids is 1. The predicted molar refractivity (Wildman–Crippen MR) is 113 cm³/mol. The topological polar surface area (TPSA) is 93.3 Å². The lowest BCUT2D eigenvalue weighted by atomic mass is 10.2. The van der Waals surface area contributed by atoms with E-state index in [1.54, 1.807) is 4.90 Å². The number of nitrogens with zero attached hydrogens (tertiary/aromatic N) is 6. The molecule has 9 nitrogen and oxygen atoms in total. The lowest BCUT2D eigenvalue weighted by molar-refractivity contribution is -0.133. The fourth-order valence-corrected chi connectivity index (χ4v) is 3.64. The van der Waals surface area contributed by atoms with Gasteiger partial charge in [0.05, 0.1) is 0 Å². The molecule has 3 heterocycles. The Morgan fingerprint density at radius 3 is 2.40 bits per heavy atom. The third kappa shape index (κ3) is 3.63. The number of hydrogen-bond acceptors (Lipinski definition) is 6. The van der Waals surface area contributed by atoms with Crippen LogP contribution >= 0.6 is 0 Å². The molecule has 9 heteroatoms. The van der Waals surface area contributed by atoms with E-state index in [1.807, 2.05) is 44.3 Å². The largest absolute Gasteiger partial charge is 0.339 e. The van der Waals surface area contributed by atoms with Crippen molar-refractivity contribution in [2.45, 2.75) is 20.0 Å². The summed E-state index contributed by atoms with van der Waals surface area (Å²) >= 11 is 0. The summed E-state index contributed by atoms with van der Waals surface area (Å²) in [6, 6.07) is 9.37. The highest BCUT2D eigenvalue weighted by Gasteiger charge is 2.22.